The van der Waals surface area contributed by atoms with Crippen molar-refractivity contribution >= 4 is 54.3 Å². The van der Waals surface area contributed by atoms with E-state index < -0.39 is 18.1 Å². The summed E-state index contributed by atoms with van der Waals surface area (Å²) in [7, 11) is 0. The third-order valence-electron chi connectivity index (χ3n) is 8.28. The van der Waals surface area contributed by atoms with E-state index in [0.717, 1.165) is 65.7 Å². The van der Waals surface area contributed by atoms with Crippen LogP contribution in [0.2, 0.25) is 0 Å². The minimum absolute atomic E-state index is 0.0611. The average molecular weight is 554 g/mol. The number of hydrogen-bond donors (Lipinski definition) is 0. The molecule has 0 unspecified atom stereocenters. The van der Waals surface area contributed by atoms with Crippen molar-refractivity contribution in [3.05, 3.63) is 158 Å². The highest BCUT2D eigenvalue weighted by atomic mass is 16.3. The summed E-state index contributed by atoms with van der Waals surface area (Å²) >= 11 is 0. The van der Waals surface area contributed by atoms with Crippen molar-refractivity contribution in [2.75, 3.05) is 0 Å². The number of benzene rings is 8. The third kappa shape index (κ3) is 3.72. The van der Waals surface area contributed by atoms with Crippen molar-refractivity contribution in [3.8, 4) is 33.4 Å². The average Bonchev–Trinajstić information content (AvgIpc) is 3.53. The molecule has 9 rings (SSSR count). The second kappa shape index (κ2) is 9.44. The molecule has 1 heterocycles. The van der Waals surface area contributed by atoms with Gasteiger partial charge in [0.2, 0.25) is 0 Å². The summed E-state index contributed by atoms with van der Waals surface area (Å²) in [4.78, 5) is 0. The van der Waals surface area contributed by atoms with Gasteiger partial charge in [-0.2, -0.15) is 0 Å². The molecule has 0 aliphatic carbocycles. The Morgan fingerprint density at radius 3 is 1.72 bits per heavy atom. The molecule has 8 aromatic carbocycles. The molecule has 0 fully saturated rings. The Bertz CT molecular complexity index is 2840. The van der Waals surface area contributed by atoms with Crippen LogP contribution in [0.15, 0.2) is 162 Å². The Morgan fingerprint density at radius 1 is 0.442 bits per heavy atom. The van der Waals surface area contributed by atoms with E-state index in [1.807, 2.05) is 84.9 Å². The lowest BCUT2D eigenvalue weighted by atomic mass is 9.84. The highest BCUT2D eigenvalue weighted by molar-refractivity contribution is 6.23. The van der Waals surface area contributed by atoms with Gasteiger partial charge < -0.3 is 4.42 Å². The van der Waals surface area contributed by atoms with E-state index in [1.54, 1.807) is 0 Å². The van der Waals surface area contributed by atoms with Gasteiger partial charge in [0, 0.05) is 16.3 Å². The van der Waals surface area contributed by atoms with Gasteiger partial charge in [0.1, 0.15) is 11.2 Å². The second-order valence-electron chi connectivity index (χ2n) is 10.7. The third-order valence-corrected chi connectivity index (χ3v) is 8.28. The van der Waals surface area contributed by atoms with Gasteiger partial charge in [-0.3, -0.25) is 0 Å². The lowest BCUT2D eigenvalue weighted by Crippen LogP contribution is -1.91. The van der Waals surface area contributed by atoms with Gasteiger partial charge in [0.15, 0.2) is 0 Å². The maximum absolute atomic E-state index is 9.40. The van der Waals surface area contributed by atoms with Gasteiger partial charge in [-0.25, -0.2) is 0 Å². The normalized spacial score (nSPS) is 14.0. The number of para-hydroxylation sites is 1. The molecular formula is C42H26O. The van der Waals surface area contributed by atoms with E-state index in [-0.39, 0.29) is 40.5 Å². The summed E-state index contributed by atoms with van der Waals surface area (Å²) in [5.74, 6) is 0. The summed E-state index contributed by atoms with van der Waals surface area (Å²) in [5.41, 5.74) is 6.25. The summed E-state index contributed by atoms with van der Waals surface area (Å²) in [6, 6.07) is 35.7. The van der Waals surface area contributed by atoms with E-state index in [0.29, 0.717) is 5.56 Å². The number of rotatable bonds is 3. The van der Waals surface area contributed by atoms with Crippen molar-refractivity contribution in [1.82, 2.24) is 0 Å². The molecule has 0 aliphatic rings. The first-order chi connectivity index (χ1) is 24.3. The Balaban J connectivity index is 1.45. The van der Waals surface area contributed by atoms with E-state index in [9.17, 15) is 2.74 Å². The monoisotopic (exact) mass is 553 g/mol. The van der Waals surface area contributed by atoms with Crippen LogP contribution in [0.25, 0.3) is 87.6 Å². The molecule has 0 bridgehead atoms. The smallest absolute Gasteiger partial charge is 0.143 e. The SMILES string of the molecule is [2H]c1c([2H])c([2H])c2c([2H])c(-c3c4ccccc4c(-c4cc(-c5ccccc5)c5oc6ccccc6c5c4)c4ccccc34)c([2H])c([2H])c2c1[2H]. The maximum atomic E-state index is 9.40. The first-order valence-electron chi connectivity index (χ1n) is 17.7. The zero-order valence-electron chi connectivity index (χ0n) is 29.9. The van der Waals surface area contributed by atoms with E-state index in [2.05, 4.69) is 30.3 Å². The Labute approximate surface area is 259 Å². The molecule has 0 N–H and O–H groups in total. The molecule has 0 spiro atoms. The fraction of sp³-hybridized carbons (Fsp3) is 0. The van der Waals surface area contributed by atoms with Crippen LogP contribution >= 0.6 is 0 Å². The maximum Gasteiger partial charge on any atom is 0.143 e. The van der Waals surface area contributed by atoms with Crippen molar-refractivity contribution in [3.63, 3.8) is 0 Å². The van der Waals surface area contributed by atoms with Gasteiger partial charge in [-0.1, -0.05) is 133 Å². The molecule has 1 aromatic heterocycles. The number of fused-ring (bicyclic) bond motifs is 6. The van der Waals surface area contributed by atoms with E-state index in [1.165, 1.54) is 0 Å². The molecular weight excluding hydrogens is 520 g/mol. The summed E-state index contributed by atoms with van der Waals surface area (Å²) < 4.78 is 67.8. The molecule has 200 valence electrons. The second-order valence-corrected chi connectivity index (χ2v) is 10.7. The Kier molecular flexibility index (Phi) is 3.95. The van der Waals surface area contributed by atoms with Crippen LogP contribution in [-0.4, -0.2) is 0 Å². The van der Waals surface area contributed by atoms with Gasteiger partial charge in [-0.15, -0.1) is 0 Å². The first kappa shape index (κ1) is 18.0. The summed E-state index contributed by atoms with van der Waals surface area (Å²) in [6.45, 7) is 0. The molecule has 1 heteroatoms. The van der Waals surface area contributed by atoms with Gasteiger partial charge in [-0.05, 0) is 84.4 Å². The Morgan fingerprint density at radius 2 is 1.02 bits per heavy atom. The highest BCUT2D eigenvalue weighted by Crippen LogP contribution is 2.46. The zero-order valence-corrected chi connectivity index (χ0v) is 22.9. The molecule has 1 nitrogen and oxygen atoms in total. The van der Waals surface area contributed by atoms with Gasteiger partial charge >= 0.3 is 0 Å². The van der Waals surface area contributed by atoms with Crippen LogP contribution in [0.3, 0.4) is 0 Å². The van der Waals surface area contributed by atoms with Crippen LogP contribution in [0.5, 0.6) is 0 Å². The standard InChI is InChI=1S/C42H26O/c1-2-13-28(14-3-1)37-25-31(26-38-32-16-10-11-21-39(32)43-42(37)38)41-35-19-8-6-17-33(35)40(34-18-7-9-20-36(34)41)30-23-22-27-12-4-5-15-29(27)24-30/h1-26H/i4D,5D,12D,15D,22D,23D,24D. The lowest BCUT2D eigenvalue weighted by molar-refractivity contribution is 0.670. The van der Waals surface area contributed by atoms with E-state index in [4.69, 9.17) is 11.3 Å². The van der Waals surface area contributed by atoms with Crippen LogP contribution < -0.4 is 0 Å². The van der Waals surface area contributed by atoms with Crippen molar-refractivity contribution in [2.45, 2.75) is 0 Å². The largest absolute Gasteiger partial charge is 0.455 e. The molecule has 0 saturated carbocycles. The fourth-order valence-corrected chi connectivity index (χ4v) is 6.42. The topological polar surface area (TPSA) is 13.1 Å². The molecule has 0 amide bonds. The predicted molar refractivity (Wildman–Crippen MR) is 183 cm³/mol. The Hall–Kier alpha value is -5.66. The first-order valence-corrected chi connectivity index (χ1v) is 14.2. The summed E-state index contributed by atoms with van der Waals surface area (Å²) in [6.07, 6.45) is 0. The molecule has 0 saturated heterocycles. The number of furan rings is 1. The molecule has 0 aliphatic heterocycles. The van der Waals surface area contributed by atoms with Crippen molar-refractivity contribution in [2.24, 2.45) is 0 Å². The predicted octanol–water partition coefficient (Wildman–Crippen LogP) is 12.0. The molecule has 9 aromatic rings. The van der Waals surface area contributed by atoms with Crippen LogP contribution in [-0.2, 0) is 0 Å². The quantitative estimate of drug-likeness (QED) is 0.198. The zero-order chi connectivity index (χ0) is 34.4. The summed E-state index contributed by atoms with van der Waals surface area (Å²) in [5, 5.41) is 5.11. The minimum atomic E-state index is -0.486. The highest BCUT2D eigenvalue weighted by Gasteiger charge is 2.20. The fourth-order valence-electron chi connectivity index (χ4n) is 6.42. The van der Waals surface area contributed by atoms with Gasteiger partial charge in [0.25, 0.3) is 0 Å². The van der Waals surface area contributed by atoms with Crippen LogP contribution in [0.1, 0.15) is 9.60 Å². The van der Waals surface area contributed by atoms with Crippen molar-refractivity contribution < 1.29 is 14.0 Å². The minimum Gasteiger partial charge on any atom is -0.455 e. The van der Waals surface area contributed by atoms with E-state index >= 15 is 0 Å². The lowest BCUT2D eigenvalue weighted by Gasteiger charge is -2.18. The van der Waals surface area contributed by atoms with Crippen LogP contribution in [0.4, 0.5) is 0 Å². The van der Waals surface area contributed by atoms with Crippen molar-refractivity contribution in [1.29, 1.82) is 0 Å². The molecule has 43 heavy (non-hydrogen) atoms. The number of hydrogen-bond acceptors (Lipinski definition) is 1. The molecule has 0 atom stereocenters. The molecule has 0 radical (unpaired) electrons. The van der Waals surface area contributed by atoms with Gasteiger partial charge in [0.05, 0.1) is 9.60 Å². The van der Waals surface area contributed by atoms with Crippen LogP contribution in [0, 0.1) is 0 Å².